The average Bonchev–Trinajstić information content (AvgIpc) is 2.65. The summed E-state index contributed by atoms with van der Waals surface area (Å²) in [6.07, 6.45) is 0.885. The summed E-state index contributed by atoms with van der Waals surface area (Å²) in [6, 6.07) is 7.67. The highest BCUT2D eigenvalue weighted by Crippen LogP contribution is 2.45. The van der Waals surface area contributed by atoms with E-state index in [-0.39, 0.29) is 16.8 Å². The molecule has 0 saturated carbocycles. The molecule has 13 nitrogen and oxygen atoms in total. The lowest BCUT2D eigenvalue weighted by Gasteiger charge is -2.11. The van der Waals surface area contributed by atoms with Gasteiger partial charge in [-0.2, -0.15) is 16.8 Å². The molecule has 0 radical (unpaired) electrons. The van der Waals surface area contributed by atoms with Crippen LogP contribution in [0.1, 0.15) is 0 Å². The second-order valence-corrected chi connectivity index (χ2v) is 11.2. The number of azo groups is 1. The van der Waals surface area contributed by atoms with Crippen LogP contribution in [0.25, 0.3) is 10.8 Å². The van der Waals surface area contributed by atoms with Crippen LogP contribution >= 0.6 is 0 Å². The molecule has 0 atom stereocenters. The first-order valence-corrected chi connectivity index (χ1v) is 13.3. The first-order chi connectivity index (χ1) is 15.1. The molecular formula is C17H15N3O10S3. The van der Waals surface area contributed by atoms with E-state index in [1.165, 1.54) is 24.3 Å². The Morgan fingerprint density at radius 3 is 2.06 bits per heavy atom. The summed E-state index contributed by atoms with van der Waals surface area (Å²) in [5.74, 6) is -1.84. The standard InChI is InChI=1S/C17H15N3O10S3/c1-31(23,24)20-12-5-3-2-4-11(12)18-19-16-14(33(28,29)30)7-9-6-10(32(25,26)27)8-13(21)15(9)17(16)22/h2-8,20-22H,1H3,(H,25,26,27)(H,28,29,30). The zero-order valence-electron chi connectivity index (χ0n) is 16.4. The summed E-state index contributed by atoms with van der Waals surface area (Å²) in [6.45, 7) is 0. The molecule has 0 heterocycles. The molecule has 16 heteroatoms. The quantitative estimate of drug-likeness (QED) is 0.237. The summed E-state index contributed by atoms with van der Waals surface area (Å²) in [4.78, 5) is -1.81. The van der Waals surface area contributed by atoms with Gasteiger partial charge in [0, 0.05) is 6.07 Å². The van der Waals surface area contributed by atoms with Crippen molar-refractivity contribution in [2.24, 2.45) is 10.2 Å². The fraction of sp³-hybridized carbons (Fsp3) is 0.0588. The fourth-order valence-electron chi connectivity index (χ4n) is 2.83. The van der Waals surface area contributed by atoms with E-state index in [0.717, 1.165) is 12.3 Å². The number of hydrogen-bond acceptors (Lipinski definition) is 10. The van der Waals surface area contributed by atoms with Crippen LogP contribution in [-0.4, -0.2) is 50.8 Å². The predicted octanol–water partition coefficient (Wildman–Crippen LogP) is 2.53. The third-order valence-electron chi connectivity index (χ3n) is 4.14. The van der Waals surface area contributed by atoms with E-state index in [4.69, 9.17) is 0 Å². The molecule has 5 N–H and O–H groups in total. The van der Waals surface area contributed by atoms with Gasteiger partial charge in [-0.3, -0.25) is 13.8 Å². The van der Waals surface area contributed by atoms with Gasteiger partial charge in [-0.1, -0.05) is 12.1 Å². The minimum Gasteiger partial charge on any atom is -0.507 e. The molecule has 33 heavy (non-hydrogen) atoms. The number of hydrogen-bond donors (Lipinski definition) is 5. The minimum atomic E-state index is -5.07. The zero-order chi connectivity index (χ0) is 24.8. The lowest BCUT2D eigenvalue weighted by atomic mass is 10.1. The van der Waals surface area contributed by atoms with Crippen LogP contribution in [0.15, 0.2) is 62.5 Å². The molecule has 3 aromatic rings. The van der Waals surface area contributed by atoms with Gasteiger partial charge in [-0.05, 0) is 29.7 Å². The van der Waals surface area contributed by atoms with Gasteiger partial charge < -0.3 is 10.2 Å². The highest BCUT2D eigenvalue weighted by Gasteiger charge is 2.25. The Bertz CT molecular complexity index is 1630. The first kappa shape index (κ1) is 24.3. The van der Waals surface area contributed by atoms with Crippen LogP contribution in [-0.2, 0) is 30.3 Å². The van der Waals surface area contributed by atoms with E-state index in [1.54, 1.807) is 0 Å². The number of phenolic OH excluding ortho intramolecular Hbond substituents is 2. The third kappa shape index (κ3) is 5.37. The number of anilines is 1. The van der Waals surface area contributed by atoms with Crippen LogP contribution in [0.5, 0.6) is 11.5 Å². The lowest BCUT2D eigenvalue weighted by Crippen LogP contribution is -2.09. The summed E-state index contributed by atoms with van der Waals surface area (Å²) in [5, 5.41) is 27.3. The Morgan fingerprint density at radius 2 is 1.48 bits per heavy atom. The smallest absolute Gasteiger partial charge is 0.296 e. The van der Waals surface area contributed by atoms with Gasteiger partial charge in [0.1, 0.15) is 22.0 Å². The van der Waals surface area contributed by atoms with Crippen LogP contribution in [0.3, 0.4) is 0 Å². The summed E-state index contributed by atoms with van der Waals surface area (Å²) >= 11 is 0. The van der Waals surface area contributed by atoms with Crippen molar-refractivity contribution >= 4 is 58.1 Å². The van der Waals surface area contributed by atoms with Crippen molar-refractivity contribution in [2.45, 2.75) is 9.79 Å². The molecule has 3 aromatic carbocycles. The molecule has 0 aliphatic rings. The maximum atomic E-state index is 11.9. The fourth-order valence-corrected chi connectivity index (χ4v) is 4.60. The van der Waals surface area contributed by atoms with Gasteiger partial charge in [-0.25, -0.2) is 8.42 Å². The molecule has 0 aliphatic heterocycles. The lowest BCUT2D eigenvalue weighted by molar-refractivity contribution is 0.457. The molecule has 0 saturated heterocycles. The van der Waals surface area contributed by atoms with Gasteiger partial charge in [0.2, 0.25) is 10.0 Å². The monoisotopic (exact) mass is 517 g/mol. The van der Waals surface area contributed by atoms with E-state index in [9.17, 15) is 44.6 Å². The number of nitrogens with zero attached hydrogens (tertiary/aromatic N) is 2. The van der Waals surface area contributed by atoms with Crippen LogP contribution < -0.4 is 4.72 Å². The molecule has 0 bridgehead atoms. The summed E-state index contributed by atoms with van der Waals surface area (Å²) in [5.41, 5.74) is -0.943. The number of phenols is 2. The van der Waals surface area contributed by atoms with E-state index in [0.29, 0.717) is 12.1 Å². The van der Waals surface area contributed by atoms with Crippen molar-refractivity contribution in [2.75, 3.05) is 11.0 Å². The maximum absolute atomic E-state index is 11.9. The normalized spacial score (nSPS) is 12.9. The van der Waals surface area contributed by atoms with Crippen LogP contribution in [0.4, 0.5) is 17.1 Å². The first-order valence-electron chi connectivity index (χ1n) is 8.54. The Balaban J connectivity index is 2.30. The van der Waals surface area contributed by atoms with Crippen molar-refractivity contribution in [3.63, 3.8) is 0 Å². The van der Waals surface area contributed by atoms with Crippen molar-refractivity contribution in [3.8, 4) is 11.5 Å². The Kier molecular flexibility index (Phi) is 6.07. The van der Waals surface area contributed by atoms with Crippen molar-refractivity contribution < 1.29 is 44.6 Å². The van der Waals surface area contributed by atoms with Gasteiger partial charge in [-0.15, -0.1) is 10.2 Å². The highest BCUT2D eigenvalue weighted by molar-refractivity contribution is 7.92. The number of benzene rings is 3. The van der Waals surface area contributed by atoms with Crippen LogP contribution in [0, 0.1) is 0 Å². The largest absolute Gasteiger partial charge is 0.507 e. The molecule has 3 rings (SSSR count). The average molecular weight is 518 g/mol. The molecule has 0 aromatic heterocycles. The Labute approximate surface area is 187 Å². The van der Waals surface area contributed by atoms with Gasteiger partial charge in [0.05, 0.1) is 22.2 Å². The highest BCUT2D eigenvalue weighted by atomic mass is 32.2. The van der Waals surface area contributed by atoms with Crippen molar-refractivity contribution in [1.82, 2.24) is 0 Å². The summed E-state index contributed by atoms with van der Waals surface area (Å²) in [7, 11) is -13.6. The van der Waals surface area contributed by atoms with E-state index >= 15 is 0 Å². The van der Waals surface area contributed by atoms with Gasteiger partial charge in [0.25, 0.3) is 20.2 Å². The van der Waals surface area contributed by atoms with Crippen molar-refractivity contribution in [3.05, 3.63) is 42.5 Å². The van der Waals surface area contributed by atoms with E-state index in [2.05, 4.69) is 15.0 Å². The number of aromatic hydroxyl groups is 2. The van der Waals surface area contributed by atoms with Gasteiger partial charge in [0.15, 0.2) is 5.75 Å². The number of rotatable bonds is 6. The number of nitrogens with one attached hydrogen (secondary N) is 1. The number of sulfonamides is 1. The van der Waals surface area contributed by atoms with Gasteiger partial charge >= 0.3 is 0 Å². The van der Waals surface area contributed by atoms with Crippen molar-refractivity contribution in [1.29, 1.82) is 0 Å². The molecule has 0 amide bonds. The molecule has 0 aliphatic carbocycles. The number of para-hydroxylation sites is 1. The molecule has 0 spiro atoms. The molecule has 0 fully saturated rings. The zero-order valence-corrected chi connectivity index (χ0v) is 18.8. The maximum Gasteiger partial charge on any atom is 0.296 e. The molecule has 0 unspecified atom stereocenters. The predicted molar refractivity (Wildman–Crippen MR) is 116 cm³/mol. The molecule has 176 valence electrons. The molecular weight excluding hydrogens is 502 g/mol. The Morgan fingerprint density at radius 1 is 0.848 bits per heavy atom. The number of fused-ring (bicyclic) bond motifs is 1. The topological polar surface area (TPSA) is 220 Å². The third-order valence-corrected chi connectivity index (χ3v) is 6.42. The minimum absolute atomic E-state index is 0.0296. The SMILES string of the molecule is CS(=O)(=O)Nc1ccccc1N=Nc1c(S(=O)(=O)O)cc2cc(S(=O)(=O)O)cc(O)c2c1O. The van der Waals surface area contributed by atoms with Crippen LogP contribution in [0.2, 0.25) is 0 Å². The Hall–Kier alpha value is -3.31. The van der Waals surface area contributed by atoms with E-state index in [1.807, 2.05) is 0 Å². The summed E-state index contributed by atoms with van der Waals surface area (Å²) < 4.78 is 90.6. The van der Waals surface area contributed by atoms with E-state index < -0.39 is 62.6 Å². The second kappa shape index (κ2) is 8.23. The second-order valence-electron chi connectivity index (χ2n) is 6.65.